The maximum Gasteiger partial charge on any atom is 0.292 e. The van der Waals surface area contributed by atoms with Crippen molar-refractivity contribution in [2.24, 2.45) is 5.73 Å². The van der Waals surface area contributed by atoms with Crippen molar-refractivity contribution >= 4 is 30.5 Å². The lowest BCUT2D eigenvalue weighted by Gasteiger charge is -2.04. The van der Waals surface area contributed by atoms with Crippen molar-refractivity contribution in [1.29, 1.82) is 0 Å². The molecule has 1 aromatic carbocycles. The number of halogens is 2. The molecule has 0 atom stereocenters. The van der Waals surface area contributed by atoms with Crippen molar-refractivity contribution in [3.05, 3.63) is 57.8 Å². The summed E-state index contributed by atoms with van der Waals surface area (Å²) in [6.45, 7) is 0.508. The number of hydrogen-bond donors (Lipinski definition) is 2. The zero-order chi connectivity index (χ0) is 13.0. The van der Waals surface area contributed by atoms with Crippen LogP contribution in [0.25, 0.3) is 16.9 Å². The molecule has 1 aliphatic rings. The molecule has 1 aliphatic carbocycles. The van der Waals surface area contributed by atoms with Gasteiger partial charge in [-0.2, -0.15) is 0 Å². The van der Waals surface area contributed by atoms with Crippen LogP contribution in [0.4, 0.5) is 0 Å². The Balaban J connectivity index is 0.000000807. The number of imidazole rings is 1. The van der Waals surface area contributed by atoms with Crippen LogP contribution in [0.5, 0.6) is 0 Å². The summed E-state index contributed by atoms with van der Waals surface area (Å²) in [6.07, 6.45) is 4.26. The van der Waals surface area contributed by atoms with Gasteiger partial charge in [0.1, 0.15) is 0 Å². The summed E-state index contributed by atoms with van der Waals surface area (Å²) in [7, 11) is 0. The molecule has 5 nitrogen and oxygen atoms in total. The average Bonchev–Trinajstić information content (AvgIpc) is 3.03. The molecule has 21 heavy (non-hydrogen) atoms. The van der Waals surface area contributed by atoms with E-state index in [1.165, 1.54) is 5.56 Å². The average molecular weight is 325 g/mol. The van der Waals surface area contributed by atoms with Crippen LogP contribution >= 0.6 is 24.8 Å². The van der Waals surface area contributed by atoms with Gasteiger partial charge >= 0.3 is 0 Å². The van der Waals surface area contributed by atoms with Crippen molar-refractivity contribution in [3.63, 3.8) is 0 Å². The summed E-state index contributed by atoms with van der Waals surface area (Å²) < 4.78 is 1.87. The van der Waals surface area contributed by atoms with Gasteiger partial charge in [0.25, 0.3) is 5.56 Å². The molecule has 7 heteroatoms. The zero-order valence-corrected chi connectivity index (χ0v) is 12.6. The number of fused-ring (bicyclic) bond motifs is 5. The number of benzene rings is 1. The monoisotopic (exact) mass is 324 g/mol. The molecule has 0 unspecified atom stereocenters. The third-order valence-electron chi connectivity index (χ3n) is 3.77. The Bertz CT molecular complexity index is 869. The number of nitrogens with zero attached hydrogens (tertiary/aromatic N) is 2. The third-order valence-corrected chi connectivity index (χ3v) is 3.77. The van der Waals surface area contributed by atoms with Gasteiger partial charge < -0.3 is 10.7 Å². The van der Waals surface area contributed by atoms with Crippen molar-refractivity contribution in [3.8, 4) is 11.3 Å². The van der Waals surface area contributed by atoms with E-state index in [-0.39, 0.29) is 30.4 Å². The third kappa shape index (κ3) is 2.05. The smallest absolute Gasteiger partial charge is 0.292 e. The zero-order valence-electron chi connectivity index (χ0n) is 11.0. The predicted molar refractivity (Wildman–Crippen MR) is 86.4 cm³/mol. The quantitative estimate of drug-likeness (QED) is 0.561. The Morgan fingerprint density at radius 2 is 2.14 bits per heavy atom. The summed E-state index contributed by atoms with van der Waals surface area (Å²) in [5, 5.41) is 0. The molecule has 2 heterocycles. The Morgan fingerprint density at radius 1 is 1.33 bits per heavy atom. The summed E-state index contributed by atoms with van der Waals surface area (Å²) in [5.74, 6) is 0. The van der Waals surface area contributed by atoms with Crippen LogP contribution in [0.15, 0.2) is 35.4 Å². The van der Waals surface area contributed by atoms with Gasteiger partial charge in [-0.3, -0.25) is 9.20 Å². The van der Waals surface area contributed by atoms with E-state index in [2.05, 4.69) is 9.97 Å². The second-order valence-electron chi connectivity index (χ2n) is 4.72. The lowest BCUT2D eigenvalue weighted by atomic mass is 10.0. The molecule has 110 valence electrons. The first-order chi connectivity index (χ1) is 9.29. The number of nitrogens with two attached hydrogens (primary N) is 1. The van der Waals surface area contributed by atoms with Gasteiger partial charge in [0.2, 0.25) is 5.65 Å². The molecule has 0 amide bonds. The van der Waals surface area contributed by atoms with E-state index >= 15 is 0 Å². The van der Waals surface area contributed by atoms with Gasteiger partial charge in [0.15, 0.2) is 0 Å². The molecule has 3 aromatic rings. The topological polar surface area (TPSA) is 76.2 Å². The van der Waals surface area contributed by atoms with Gasteiger partial charge in [-0.15, -0.1) is 24.8 Å². The standard InChI is InChI=1S/C14H12N4O.2ClH/c15-7-8-2-1-3-9-10(8)6-11-12(9)17-14(19)13-16-4-5-18(11)13;;/h1-5H,6-7,15H2,(H,17,19);2*1H. The highest BCUT2D eigenvalue weighted by atomic mass is 35.5. The minimum Gasteiger partial charge on any atom is -0.326 e. The van der Waals surface area contributed by atoms with Gasteiger partial charge in [-0.25, -0.2) is 4.98 Å². The summed E-state index contributed by atoms with van der Waals surface area (Å²) in [5.41, 5.74) is 11.4. The van der Waals surface area contributed by atoms with Crippen molar-refractivity contribution in [1.82, 2.24) is 14.4 Å². The molecule has 3 N–H and O–H groups in total. The molecule has 0 aliphatic heterocycles. The highest BCUT2D eigenvalue weighted by molar-refractivity contribution is 5.85. The van der Waals surface area contributed by atoms with E-state index in [1.807, 2.05) is 28.8 Å². The number of hydrogen-bond acceptors (Lipinski definition) is 3. The van der Waals surface area contributed by atoms with E-state index in [0.29, 0.717) is 12.2 Å². The molecule has 0 radical (unpaired) electrons. The van der Waals surface area contributed by atoms with Gasteiger partial charge in [-0.05, 0) is 11.1 Å². The van der Waals surface area contributed by atoms with Crippen LogP contribution in [-0.2, 0) is 13.0 Å². The van der Waals surface area contributed by atoms with Crippen molar-refractivity contribution in [2.75, 3.05) is 0 Å². The number of aromatic amines is 1. The molecular formula is C14H14Cl2N4O. The SMILES string of the molecule is Cl.Cl.NCc1cccc2c1Cc1c-2[nH]c(=O)c2nccn12. The molecule has 0 bridgehead atoms. The number of rotatable bonds is 1. The first kappa shape index (κ1) is 15.6. The number of H-pyrrole nitrogens is 1. The van der Waals surface area contributed by atoms with E-state index in [4.69, 9.17) is 5.73 Å². The minimum atomic E-state index is -0.158. The maximum absolute atomic E-state index is 12.0. The molecule has 2 aromatic heterocycles. The fourth-order valence-electron chi connectivity index (χ4n) is 2.88. The maximum atomic E-state index is 12.0. The van der Waals surface area contributed by atoms with Crippen LogP contribution in [-0.4, -0.2) is 14.4 Å². The van der Waals surface area contributed by atoms with E-state index in [9.17, 15) is 4.79 Å². The highest BCUT2D eigenvalue weighted by Gasteiger charge is 2.24. The molecule has 0 fully saturated rings. The van der Waals surface area contributed by atoms with Crippen LogP contribution < -0.4 is 11.3 Å². The van der Waals surface area contributed by atoms with E-state index < -0.39 is 0 Å². The van der Waals surface area contributed by atoms with Crippen LogP contribution in [0.2, 0.25) is 0 Å². The van der Waals surface area contributed by atoms with Crippen LogP contribution in [0, 0.1) is 0 Å². The second kappa shape index (κ2) is 5.52. The molecule has 4 rings (SSSR count). The summed E-state index contributed by atoms with van der Waals surface area (Å²) in [4.78, 5) is 19.0. The number of aromatic nitrogens is 3. The minimum absolute atomic E-state index is 0. The fraction of sp³-hybridized carbons (Fsp3) is 0.143. The molecule has 0 spiro atoms. The van der Waals surface area contributed by atoms with Crippen molar-refractivity contribution < 1.29 is 0 Å². The highest BCUT2D eigenvalue weighted by Crippen LogP contribution is 2.36. The predicted octanol–water partition coefficient (Wildman–Crippen LogP) is 1.90. The van der Waals surface area contributed by atoms with Crippen LogP contribution in [0.1, 0.15) is 16.8 Å². The largest absolute Gasteiger partial charge is 0.326 e. The Morgan fingerprint density at radius 3 is 2.90 bits per heavy atom. The second-order valence-corrected chi connectivity index (χ2v) is 4.72. The lowest BCUT2D eigenvalue weighted by Crippen LogP contribution is -2.13. The molecule has 0 saturated carbocycles. The van der Waals surface area contributed by atoms with E-state index in [0.717, 1.165) is 28.9 Å². The summed E-state index contributed by atoms with van der Waals surface area (Å²) >= 11 is 0. The van der Waals surface area contributed by atoms with Gasteiger partial charge in [-0.1, -0.05) is 18.2 Å². The fourth-order valence-corrected chi connectivity index (χ4v) is 2.88. The Hall–Kier alpha value is -1.82. The lowest BCUT2D eigenvalue weighted by molar-refractivity contribution is 0.980. The first-order valence-corrected chi connectivity index (χ1v) is 6.19. The van der Waals surface area contributed by atoms with Gasteiger partial charge in [0.05, 0.1) is 11.4 Å². The number of nitrogens with one attached hydrogen (secondary N) is 1. The molecule has 0 saturated heterocycles. The van der Waals surface area contributed by atoms with E-state index in [1.54, 1.807) is 6.20 Å². The Kier molecular flexibility index (Phi) is 4.09. The molecular weight excluding hydrogens is 311 g/mol. The normalized spacial score (nSPS) is 11.5. The van der Waals surface area contributed by atoms with Crippen molar-refractivity contribution in [2.45, 2.75) is 13.0 Å². The first-order valence-electron chi connectivity index (χ1n) is 6.19. The summed E-state index contributed by atoms with van der Waals surface area (Å²) in [6, 6.07) is 6.04. The van der Waals surface area contributed by atoms with Gasteiger partial charge in [0, 0.05) is 30.9 Å². The Labute approximate surface area is 133 Å². The van der Waals surface area contributed by atoms with Crippen LogP contribution in [0.3, 0.4) is 0 Å².